The first-order valence-electron chi connectivity index (χ1n) is 9.22. The van der Waals surface area contributed by atoms with E-state index in [0.717, 1.165) is 11.1 Å². The number of fused-ring (bicyclic) bond motifs is 1. The third-order valence-electron chi connectivity index (χ3n) is 4.44. The fourth-order valence-corrected chi connectivity index (χ4v) is 3.21. The molecule has 0 radical (unpaired) electrons. The zero-order chi connectivity index (χ0) is 20.3. The van der Waals surface area contributed by atoms with Gasteiger partial charge in [0.1, 0.15) is 17.8 Å². The van der Waals surface area contributed by atoms with E-state index in [1.165, 1.54) is 4.57 Å². The maximum Gasteiger partial charge on any atom is 0.275 e. The van der Waals surface area contributed by atoms with Crippen molar-refractivity contribution in [3.63, 3.8) is 0 Å². The molecule has 0 aliphatic carbocycles. The Balaban J connectivity index is 2.18. The van der Waals surface area contributed by atoms with Crippen LogP contribution in [0.2, 0.25) is 0 Å². The SMILES string of the molecule is COc1cccc(-c2cn3cc(CCO)cc3c(=O)n2CC(=O)NC(C)C)c1. The number of amides is 1. The lowest BCUT2D eigenvalue weighted by Gasteiger charge is -2.16. The van der Waals surface area contributed by atoms with Crippen LogP contribution < -0.4 is 15.6 Å². The van der Waals surface area contributed by atoms with E-state index in [1.807, 2.05) is 50.5 Å². The van der Waals surface area contributed by atoms with E-state index in [1.54, 1.807) is 17.6 Å². The van der Waals surface area contributed by atoms with Crippen LogP contribution in [0.3, 0.4) is 0 Å². The maximum atomic E-state index is 13.2. The van der Waals surface area contributed by atoms with Crippen molar-refractivity contribution in [2.45, 2.75) is 32.9 Å². The normalized spacial score (nSPS) is 11.2. The van der Waals surface area contributed by atoms with Crippen LogP contribution in [-0.4, -0.2) is 39.7 Å². The fourth-order valence-electron chi connectivity index (χ4n) is 3.21. The molecule has 0 fully saturated rings. The molecule has 7 heteroatoms. The van der Waals surface area contributed by atoms with Crippen molar-refractivity contribution in [1.82, 2.24) is 14.3 Å². The molecule has 2 aromatic heterocycles. The summed E-state index contributed by atoms with van der Waals surface area (Å²) in [7, 11) is 1.58. The molecule has 0 spiro atoms. The molecule has 148 valence electrons. The van der Waals surface area contributed by atoms with Crippen LogP contribution in [0.15, 0.2) is 47.5 Å². The molecule has 7 nitrogen and oxygen atoms in total. The molecule has 3 rings (SSSR count). The van der Waals surface area contributed by atoms with E-state index < -0.39 is 0 Å². The van der Waals surface area contributed by atoms with Crippen LogP contribution in [-0.2, 0) is 17.8 Å². The van der Waals surface area contributed by atoms with E-state index in [9.17, 15) is 14.7 Å². The van der Waals surface area contributed by atoms with Crippen LogP contribution in [0, 0.1) is 0 Å². The highest BCUT2D eigenvalue weighted by Gasteiger charge is 2.16. The minimum atomic E-state index is -0.261. The second-order valence-corrected chi connectivity index (χ2v) is 6.97. The zero-order valence-corrected chi connectivity index (χ0v) is 16.3. The lowest BCUT2D eigenvalue weighted by Crippen LogP contribution is -2.36. The number of rotatable bonds is 7. The summed E-state index contributed by atoms with van der Waals surface area (Å²) in [5, 5.41) is 12.0. The summed E-state index contributed by atoms with van der Waals surface area (Å²) >= 11 is 0. The second-order valence-electron chi connectivity index (χ2n) is 6.97. The van der Waals surface area contributed by atoms with Crippen molar-refractivity contribution < 1.29 is 14.6 Å². The molecule has 0 unspecified atom stereocenters. The summed E-state index contributed by atoms with van der Waals surface area (Å²) in [5.74, 6) is 0.435. The van der Waals surface area contributed by atoms with E-state index in [-0.39, 0.29) is 30.7 Å². The Morgan fingerprint density at radius 2 is 2.04 bits per heavy atom. The number of nitrogens with zero attached hydrogens (tertiary/aromatic N) is 2. The molecule has 0 aliphatic heterocycles. The predicted octanol–water partition coefficient (Wildman–Crippen LogP) is 1.84. The van der Waals surface area contributed by atoms with Gasteiger partial charge in [0.15, 0.2) is 0 Å². The fraction of sp³-hybridized carbons (Fsp3) is 0.333. The van der Waals surface area contributed by atoms with Crippen molar-refractivity contribution in [2.24, 2.45) is 0 Å². The number of carbonyl (C=O) groups is 1. The van der Waals surface area contributed by atoms with Gasteiger partial charge in [-0.15, -0.1) is 0 Å². The van der Waals surface area contributed by atoms with E-state index in [0.29, 0.717) is 23.4 Å². The van der Waals surface area contributed by atoms with Crippen LogP contribution in [0.1, 0.15) is 19.4 Å². The van der Waals surface area contributed by atoms with Gasteiger partial charge < -0.3 is 19.6 Å². The van der Waals surface area contributed by atoms with Crippen molar-refractivity contribution in [2.75, 3.05) is 13.7 Å². The number of methoxy groups -OCH3 is 1. The second kappa shape index (κ2) is 8.31. The molecular weight excluding hydrogens is 358 g/mol. The molecule has 0 bridgehead atoms. The monoisotopic (exact) mass is 383 g/mol. The highest BCUT2D eigenvalue weighted by molar-refractivity contribution is 5.77. The quantitative estimate of drug-likeness (QED) is 0.652. The maximum absolute atomic E-state index is 13.2. The Kier molecular flexibility index (Phi) is 5.84. The number of nitrogens with one attached hydrogen (secondary N) is 1. The highest BCUT2D eigenvalue weighted by Crippen LogP contribution is 2.24. The first-order chi connectivity index (χ1) is 13.4. The minimum Gasteiger partial charge on any atom is -0.497 e. The summed E-state index contributed by atoms with van der Waals surface area (Å²) in [5.41, 5.74) is 2.45. The van der Waals surface area contributed by atoms with Crippen LogP contribution >= 0.6 is 0 Å². The number of aliphatic hydroxyl groups excluding tert-OH is 1. The van der Waals surface area contributed by atoms with E-state index in [4.69, 9.17) is 4.74 Å². The molecule has 1 amide bonds. The Labute approximate surface area is 163 Å². The molecule has 2 heterocycles. The zero-order valence-electron chi connectivity index (χ0n) is 16.3. The van der Waals surface area contributed by atoms with Crippen LogP contribution in [0.25, 0.3) is 16.8 Å². The number of hydrogen-bond acceptors (Lipinski definition) is 4. The van der Waals surface area contributed by atoms with Crippen molar-refractivity contribution in [3.8, 4) is 17.0 Å². The van der Waals surface area contributed by atoms with Gasteiger partial charge in [-0.25, -0.2) is 0 Å². The Morgan fingerprint density at radius 3 is 2.71 bits per heavy atom. The summed E-state index contributed by atoms with van der Waals surface area (Å²) in [6, 6.07) is 9.11. The van der Waals surface area contributed by atoms with Crippen molar-refractivity contribution in [3.05, 3.63) is 58.6 Å². The van der Waals surface area contributed by atoms with Crippen molar-refractivity contribution in [1.29, 1.82) is 0 Å². The van der Waals surface area contributed by atoms with Gasteiger partial charge in [-0.05, 0) is 44.0 Å². The van der Waals surface area contributed by atoms with Gasteiger partial charge in [0.05, 0.1) is 12.8 Å². The van der Waals surface area contributed by atoms with Gasteiger partial charge in [-0.3, -0.25) is 14.2 Å². The van der Waals surface area contributed by atoms with E-state index >= 15 is 0 Å². The summed E-state index contributed by atoms with van der Waals surface area (Å²) in [6.45, 7) is 3.67. The third-order valence-corrected chi connectivity index (χ3v) is 4.44. The molecule has 28 heavy (non-hydrogen) atoms. The smallest absolute Gasteiger partial charge is 0.275 e. The molecular formula is C21H25N3O4. The molecule has 0 aliphatic rings. The van der Waals surface area contributed by atoms with E-state index in [2.05, 4.69) is 5.32 Å². The number of aromatic nitrogens is 2. The number of ether oxygens (including phenoxy) is 1. The average Bonchev–Trinajstić information content (AvgIpc) is 3.06. The number of aliphatic hydroxyl groups is 1. The largest absolute Gasteiger partial charge is 0.497 e. The van der Waals surface area contributed by atoms with Gasteiger partial charge >= 0.3 is 0 Å². The first-order valence-corrected chi connectivity index (χ1v) is 9.22. The highest BCUT2D eigenvalue weighted by atomic mass is 16.5. The molecule has 0 saturated carbocycles. The molecule has 0 saturated heterocycles. The van der Waals surface area contributed by atoms with Gasteiger partial charge in [-0.1, -0.05) is 12.1 Å². The lowest BCUT2D eigenvalue weighted by molar-refractivity contribution is -0.122. The summed E-state index contributed by atoms with van der Waals surface area (Å²) in [4.78, 5) is 25.6. The lowest BCUT2D eigenvalue weighted by atomic mass is 10.1. The molecule has 3 aromatic rings. The van der Waals surface area contributed by atoms with Gasteiger partial charge in [-0.2, -0.15) is 0 Å². The Hall–Kier alpha value is -3.06. The summed E-state index contributed by atoms with van der Waals surface area (Å²) < 4.78 is 8.53. The molecule has 2 N–H and O–H groups in total. The van der Waals surface area contributed by atoms with Gasteiger partial charge in [0.2, 0.25) is 5.91 Å². The van der Waals surface area contributed by atoms with Gasteiger partial charge in [0, 0.05) is 30.6 Å². The van der Waals surface area contributed by atoms with Crippen LogP contribution in [0.5, 0.6) is 5.75 Å². The molecule has 1 aromatic carbocycles. The Bertz CT molecular complexity index is 1050. The molecule has 0 atom stereocenters. The van der Waals surface area contributed by atoms with Crippen LogP contribution in [0.4, 0.5) is 0 Å². The first kappa shape index (κ1) is 19.7. The minimum absolute atomic E-state index is 0.00457. The topological polar surface area (TPSA) is 85.0 Å². The number of hydrogen-bond donors (Lipinski definition) is 2. The standard InChI is InChI=1S/C21H25N3O4/c1-14(2)22-20(26)13-24-19(16-5-4-6-17(10-16)28-3)12-23-11-15(7-8-25)9-18(23)21(24)27/h4-6,9-12,14,25H,7-8,13H2,1-3H3,(H,22,26). The Morgan fingerprint density at radius 1 is 1.25 bits per heavy atom. The summed E-state index contributed by atoms with van der Waals surface area (Å²) in [6.07, 6.45) is 4.12. The number of benzene rings is 1. The number of carbonyl (C=O) groups excluding carboxylic acids is 1. The van der Waals surface area contributed by atoms with Gasteiger partial charge in [0.25, 0.3) is 5.56 Å². The third kappa shape index (κ3) is 4.09. The average molecular weight is 383 g/mol. The van der Waals surface area contributed by atoms with Crippen molar-refractivity contribution >= 4 is 11.4 Å². The predicted molar refractivity (Wildman–Crippen MR) is 108 cm³/mol.